The van der Waals surface area contributed by atoms with Gasteiger partial charge in [-0.15, -0.1) is 0 Å². The Kier molecular flexibility index (Phi) is 9.41. The van der Waals surface area contributed by atoms with Gasteiger partial charge in [-0.1, -0.05) is 115 Å². The van der Waals surface area contributed by atoms with Crippen molar-refractivity contribution in [3.63, 3.8) is 0 Å². The summed E-state index contributed by atoms with van der Waals surface area (Å²) in [5.74, 6) is -3.87. The Hall–Kier alpha value is -5.58. The summed E-state index contributed by atoms with van der Waals surface area (Å²) in [6, 6.07) is 29.3. The fourth-order valence-electron chi connectivity index (χ4n) is 8.74. The van der Waals surface area contributed by atoms with Crippen molar-refractivity contribution >= 4 is 40.2 Å². The van der Waals surface area contributed by atoms with Crippen LogP contribution in [0.2, 0.25) is 0 Å². The largest absolute Gasteiger partial charge is 0.455 e. The molecule has 0 unspecified atom stereocenters. The lowest BCUT2D eigenvalue weighted by atomic mass is 9.74. The fraction of sp³-hybridized carbons (Fsp3) is 0.318. The van der Waals surface area contributed by atoms with Crippen LogP contribution < -0.4 is 4.90 Å². The molecule has 4 aliphatic heterocycles. The number of rotatable bonds is 5. The molecule has 5 bridgehead atoms. The van der Waals surface area contributed by atoms with Crippen LogP contribution in [0.3, 0.4) is 0 Å². The van der Waals surface area contributed by atoms with E-state index in [1.54, 1.807) is 29.0 Å². The molecule has 10 heteroatoms. The van der Waals surface area contributed by atoms with Crippen LogP contribution in [-0.4, -0.2) is 82.6 Å². The summed E-state index contributed by atoms with van der Waals surface area (Å²) in [5.41, 5.74) is 0.438. The second-order valence-corrected chi connectivity index (χ2v) is 14.6. The topological polar surface area (TPSA) is 117 Å². The first-order valence-corrected chi connectivity index (χ1v) is 18.5. The molecule has 2 saturated heterocycles. The number of nitrogens with zero attached hydrogens (tertiary/aromatic N) is 3. The summed E-state index contributed by atoms with van der Waals surface area (Å²) in [7, 11) is 1.70. The molecule has 4 heterocycles. The molecule has 2 fully saturated rings. The van der Waals surface area contributed by atoms with Gasteiger partial charge in [0.25, 0.3) is 5.91 Å². The molecular formula is C44H43N3O7. The van der Waals surface area contributed by atoms with Crippen LogP contribution in [0.1, 0.15) is 43.0 Å². The Morgan fingerprint density at radius 3 is 2.30 bits per heavy atom. The van der Waals surface area contributed by atoms with Crippen LogP contribution in [0.15, 0.2) is 127 Å². The number of fused-ring (bicyclic) bond motifs is 3. The molecule has 276 valence electrons. The Morgan fingerprint density at radius 2 is 1.56 bits per heavy atom. The zero-order chi connectivity index (χ0) is 37.6. The predicted octanol–water partition coefficient (Wildman–Crippen LogP) is 5.54. The Morgan fingerprint density at radius 1 is 0.852 bits per heavy atom. The van der Waals surface area contributed by atoms with Gasteiger partial charge in [-0.05, 0) is 47.4 Å². The van der Waals surface area contributed by atoms with Crippen molar-refractivity contribution in [2.24, 2.45) is 11.8 Å². The number of carbonyl (C=O) groups is 4. The van der Waals surface area contributed by atoms with E-state index >= 15 is 9.59 Å². The van der Waals surface area contributed by atoms with Gasteiger partial charge in [-0.25, -0.2) is 0 Å². The van der Waals surface area contributed by atoms with E-state index in [0.717, 1.165) is 10.8 Å². The summed E-state index contributed by atoms with van der Waals surface area (Å²) >= 11 is 0. The molecule has 1 spiro atoms. The molecule has 8 atom stereocenters. The fourth-order valence-corrected chi connectivity index (χ4v) is 8.74. The number of likely N-dealkylation sites (tertiary alicyclic amines) is 1. The molecule has 4 aromatic rings. The number of allylic oxidation sites excluding steroid dienone is 1. The standard InChI is InChI=1S/C44H43N3O7/c1-28-39(31-17-8-4-9-18-31)53-43(52)37-35-23-24-44(54-35)38(37)41(50)47(34(27-48)30-15-6-3-7-16-30)40(44)42(51)46(25-13-5-10-20-36(49)45(28)2)33-22-21-29-14-11-12-19-32(29)26-33/h3-9,11-19,21-24,26,28,34-35,37-40,48H,10,20,25,27H2,1-2H3/b13-5-/t28-,34+,35+,37-,38-,39+,40+,44-/m0/s1. The van der Waals surface area contributed by atoms with Gasteiger partial charge in [0.05, 0.1) is 30.7 Å². The van der Waals surface area contributed by atoms with E-state index in [1.165, 1.54) is 4.90 Å². The van der Waals surface area contributed by atoms with Gasteiger partial charge in [-0.3, -0.25) is 19.2 Å². The van der Waals surface area contributed by atoms with E-state index in [4.69, 9.17) is 9.47 Å². The highest BCUT2D eigenvalue weighted by Gasteiger charge is 2.74. The summed E-state index contributed by atoms with van der Waals surface area (Å²) in [6.07, 6.45) is 6.22. The quantitative estimate of drug-likeness (QED) is 0.212. The molecule has 0 aromatic heterocycles. The summed E-state index contributed by atoms with van der Waals surface area (Å²) in [4.78, 5) is 63.3. The van der Waals surface area contributed by atoms with Gasteiger partial charge >= 0.3 is 5.97 Å². The number of likely N-dealkylation sites (N-methyl/N-ethyl adjacent to an activating group) is 1. The number of cyclic esters (lactones) is 1. The normalized spacial score (nSPS) is 29.8. The first-order chi connectivity index (χ1) is 26.2. The number of anilines is 1. The smallest absolute Gasteiger partial charge is 0.313 e. The molecule has 0 radical (unpaired) electrons. The number of ether oxygens (including phenoxy) is 2. The van der Waals surface area contributed by atoms with Crippen LogP contribution in [0.25, 0.3) is 10.8 Å². The highest BCUT2D eigenvalue weighted by Crippen LogP contribution is 2.57. The van der Waals surface area contributed by atoms with E-state index in [1.807, 2.05) is 122 Å². The SMILES string of the molecule is C[C@H]1[C@H](c2ccccc2)OC(=O)[C@@H]2[C@H]3C(=O)N([C@H](CO)c4ccccc4)[C@H](C(=O)N(c4ccc5ccccc5c4)C/C=C\CCC(=O)N1C)[C@]31C=C[C@H]2O1. The van der Waals surface area contributed by atoms with Crippen LogP contribution in [0.5, 0.6) is 0 Å². The molecule has 0 saturated carbocycles. The Bertz CT molecular complexity index is 2140. The number of amides is 3. The number of aliphatic hydroxyl groups excluding tert-OH is 1. The third-order valence-corrected chi connectivity index (χ3v) is 11.6. The van der Waals surface area contributed by atoms with Gasteiger partial charge < -0.3 is 29.3 Å². The molecule has 54 heavy (non-hydrogen) atoms. The zero-order valence-electron chi connectivity index (χ0n) is 30.2. The van der Waals surface area contributed by atoms with E-state index in [2.05, 4.69) is 0 Å². The van der Waals surface area contributed by atoms with Gasteiger partial charge in [0.1, 0.15) is 23.7 Å². The van der Waals surface area contributed by atoms with Crippen molar-refractivity contribution in [2.75, 3.05) is 25.1 Å². The van der Waals surface area contributed by atoms with E-state index in [-0.39, 0.29) is 18.9 Å². The van der Waals surface area contributed by atoms with Crippen molar-refractivity contribution in [1.29, 1.82) is 0 Å². The predicted molar refractivity (Wildman–Crippen MR) is 203 cm³/mol. The zero-order valence-corrected chi connectivity index (χ0v) is 30.2. The van der Waals surface area contributed by atoms with Crippen LogP contribution in [-0.2, 0) is 28.7 Å². The average molecular weight is 726 g/mol. The summed E-state index contributed by atoms with van der Waals surface area (Å²) in [6.45, 7) is 1.52. The number of hydrogen-bond acceptors (Lipinski definition) is 7. The minimum Gasteiger partial charge on any atom is -0.455 e. The minimum absolute atomic E-state index is 0.123. The lowest BCUT2D eigenvalue weighted by Crippen LogP contribution is -2.57. The van der Waals surface area contributed by atoms with Gasteiger partial charge in [0, 0.05) is 25.7 Å². The molecule has 10 nitrogen and oxygen atoms in total. The highest BCUT2D eigenvalue weighted by molar-refractivity contribution is 6.06. The van der Waals surface area contributed by atoms with Crippen LogP contribution in [0, 0.1) is 11.8 Å². The minimum atomic E-state index is -1.52. The molecule has 8 rings (SSSR count). The molecule has 4 aromatic carbocycles. The molecule has 4 aliphatic rings. The molecule has 0 aliphatic carbocycles. The first-order valence-electron chi connectivity index (χ1n) is 18.5. The monoisotopic (exact) mass is 725 g/mol. The van der Waals surface area contributed by atoms with Crippen LogP contribution >= 0.6 is 0 Å². The van der Waals surface area contributed by atoms with Gasteiger partial charge in [0.15, 0.2) is 0 Å². The van der Waals surface area contributed by atoms with Crippen molar-refractivity contribution in [3.05, 3.63) is 139 Å². The molecule has 1 N–H and O–H groups in total. The molecular weight excluding hydrogens is 682 g/mol. The van der Waals surface area contributed by atoms with E-state index in [9.17, 15) is 14.7 Å². The average Bonchev–Trinajstić information content (AvgIpc) is 3.85. The number of aliphatic hydroxyl groups is 1. The first kappa shape index (κ1) is 35.4. The Balaban J connectivity index is 1.28. The van der Waals surface area contributed by atoms with Crippen molar-refractivity contribution < 1.29 is 33.8 Å². The Labute approximate surface area is 314 Å². The maximum absolute atomic E-state index is 15.4. The highest BCUT2D eigenvalue weighted by atomic mass is 16.6. The number of carbonyl (C=O) groups excluding carboxylic acids is 4. The summed E-state index contributed by atoms with van der Waals surface area (Å²) < 4.78 is 13.1. The lowest BCUT2D eigenvalue weighted by Gasteiger charge is -2.39. The maximum Gasteiger partial charge on any atom is 0.313 e. The second-order valence-electron chi connectivity index (χ2n) is 14.6. The number of esters is 1. The van der Waals surface area contributed by atoms with Gasteiger partial charge in [-0.2, -0.15) is 0 Å². The summed E-state index contributed by atoms with van der Waals surface area (Å²) in [5, 5.41) is 12.9. The van der Waals surface area contributed by atoms with E-state index in [0.29, 0.717) is 23.2 Å². The van der Waals surface area contributed by atoms with E-state index < -0.39 is 72.2 Å². The van der Waals surface area contributed by atoms with Gasteiger partial charge in [0.2, 0.25) is 11.8 Å². The maximum atomic E-state index is 15.4. The molecule has 3 amide bonds. The third-order valence-electron chi connectivity index (χ3n) is 11.6. The second kappa shape index (κ2) is 14.3. The van der Waals surface area contributed by atoms with Crippen molar-refractivity contribution in [3.8, 4) is 0 Å². The third kappa shape index (κ3) is 5.90. The lowest BCUT2D eigenvalue weighted by molar-refractivity contribution is -0.164. The van der Waals surface area contributed by atoms with Crippen molar-refractivity contribution in [2.45, 2.75) is 55.7 Å². The van der Waals surface area contributed by atoms with Crippen molar-refractivity contribution in [1.82, 2.24) is 9.80 Å². The number of benzene rings is 4. The van der Waals surface area contributed by atoms with Crippen LogP contribution in [0.4, 0.5) is 5.69 Å². The number of hydrogen-bond donors (Lipinski definition) is 1.